The molecule has 13 N–H and O–H groups in total. The minimum absolute atomic E-state index is 0.119. The van der Waals surface area contributed by atoms with Gasteiger partial charge in [-0.05, 0) is 106 Å². The summed E-state index contributed by atoms with van der Waals surface area (Å²) < 4.78 is 11.4. The Morgan fingerprint density at radius 1 is 0.618 bits per heavy atom. The number of nitrogens with two attached hydrogens (primary N) is 6. The highest BCUT2D eigenvalue weighted by Gasteiger charge is 2.12. The molecule has 0 aliphatic carbocycles. The zero-order chi connectivity index (χ0) is 40.5. The van der Waals surface area contributed by atoms with Gasteiger partial charge >= 0.3 is 0 Å². The summed E-state index contributed by atoms with van der Waals surface area (Å²) in [5.41, 5.74) is 37.2. The first-order valence-corrected chi connectivity index (χ1v) is 18.9. The molecule has 0 atom stereocenters. The number of anilines is 6. The fraction of sp³-hybridized carbons (Fsp3) is 0.0526. The molecule has 0 saturated carbocycles. The third-order valence-electron chi connectivity index (χ3n) is 6.55. The van der Waals surface area contributed by atoms with Crippen LogP contribution in [0.1, 0.15) is 15.2 Å². The van der Waals surface area contributed by atoms with Crippen molar-refractivity contribution in [2.45, 2.75) is 6.61 Å². The van der Waals surface area contributed by atoms with E-state index in [2.05, 4.69) is 21.2 Å². The van der Waals surface area contributed by atoms with Crippen LogP contribution in [0.5, 0.6) is 11.5 Å². The highest BCUT2D eigenvalue weighted by molar-refractivity contribution is 9.10. The first-order valence-electron chi connectivity index (χ1n) is 15.7. The van der Waals surface area contributed by atoms with E-state index in [1.54, 1.807) is 60.7 Å². The lowest BCUT2D eigenvalue weighted by atomic mass is 10.2. The van der Waals surface area contributed by atoms with Crippen molar-refractivity contribution in [1.82, 2.24) is 0 Å². The fourth-order valence-corrected chi connectivity index (χ4v) is 6.69. The van der Waals surface area contributed by atoms with Gasteiger partial charge in [0.1, 0.15) is 11.5 Å². The molecule has 288 valence electrons. The van der Waals surface area contributed by atoms with E-state index < -0.39 is 5.91 Å². The van der Waals surface area contributed by atoms with Crippen molar-refractivity contribution < 1.29 is 19.1 Å². The molecule has 0 aliphatic rings. The molecule has 0 aliphatic heterocycles. The van der Waals surface area contributed by atoms with Gasteiger partial charge in [0.05, 0.1) is 20.1 Å². The molecule has 6 rings (SSSR count). The maximum atomic E-state index is 11.8. The third-order valence-corrected chi connectivity index (χ3v) is 9.51. The molecule has 2 amide bonds. The van der Waals surface area contributed by atoms with Gasteiger partial charge in [0.25, 0.3) is 11.8 Å². The van der Waals surface area contributed by atoms with Crippen LogP contribution in [0, 0.1) is 0 Å². The Morgan fingerprint density at radius 2 is 1.05 bits per heavy atom. The largest absolute Gasteiger partial charge is 0.486 e. The molecule has 0 saturated heterocycles. The zero-order valence-corrected chi connectivity index (χ0v) is 34.2. The molecule has 1 aromatic heterocycles. The highest BCUT2D eigenvalue weighted by atomic mass is 79.9. The van der Waals surface area contributed by atoms with Crippen LogP contribution in [0.2, 0.25) is 20.1 Å². The number of hydrogen-bond acceptors (Lipinski definition) is 10. The normalized spacial score (nSPS) is 9.91. The molecule has 0 radical (unpaired) electrons. The third kappa shape index (κ3) is 15.7. The van der Waals surface area contributed by atoms with Crippen molar-refractivity contribution in [1.29, 1.82) is 0 Å². The molecule has 5 aromatic carbocycles. The number of halogens is 5. The van der Waals surface area contributed by atoms with Crippen molar-refractivity contribution in [3.8, 4) is 11.5 Å². The average Bonchev–Trinajstić information content (AvgIpc) is 3.57. The van der Waals surface area contributed by atoms with Gasteiger partial charge in [-0.2, -0.15) is 0 Å². The van der Waals surface area contributed by atoms with Crippen LogP contribution in [-0.2, 0) is 11.4 Å². The number of nitrogens with one attached hydrogen (secondary N) is 1. The number of rotatable bonds is 8. The molecule has 0 fully saturated rings. The quantitative estimate of drug-likeness (QED) is 0.0722. The summed E-state index contributed by atoms with van der Waals surface area (Å²) in [6.45, 7) is 0.146. The molecule has 17 heteroatoms. The Bertz CT molecular complexity index is 2090. The second-order valence-electron chi connectivity index (χ2n) is 11.0. The predicted octanol–water partition coefficient (Wildman–Crippen LogP) is 9.79. The van der Waals surface area contributed by atoms with E-state index in [4.69, 9.17) is 90.3 Å². The van der Waals surface area contributed by atoms with Crippen molar-refractivity contribution in [3.05, 3.63) is 150 Å². The summed E-state index contributed by atoms with van der Waals surface area (Å²) in [5.74, 6) is -0.0478. The SMILES string of the molecule is NC(=O)COc1c(Cl)cc(N)cc1Cl.Nc1cc(Cl)c(OCc2ccccc2)c(Cl)c1.Nc1ccc(N)cc1.Nc1ccc(NC(=O)c2sccc2Br)cc1. The van der Waals surface area contributed by atoms with Crippen LogP contribution < -0.4 is 49.2 Å². The second-order valence-corrected chi connectivity index (χ2v) is 14.4. The minimum Gasteiger partial charge on any atom is -0.486 e. The van der Waals surface area contributed by atoms with Gasteiger partial charge in [0.15, 0.2) is 18.1 Å². The first kappa shape index (κ1) is 44.4. The molecule has 11 nitrogen and oxygen atoms in total. The van der Waals surface area contributed by atoms with Gasteiger partial charge in [0.2, 0.25) is 0 Å². The van der Waals surface area contributed by atoms with Gasteiger partial charge < -0.3 is 49.2 Å². The number of nitrogen functional groups attached to an aromatic ring is 5. The lowest BCUT2D eigenvalue weighted by molar-refractivity contribution is -0.119. The topological polar surface area (TPSA) is 221 Å². The number of hydrogen-bond donors (Lipinski definition) is 7. The Morgan fingerprint density at radius 3 is 1.47 bits per heavy atom. The Labute approximate surface area is 350 Å². The zero-order valence-electron chi connectivity index (χ0n) is 28.8. The van der Waals surface area contributed by atoms with Crippen LogP contribution in [0.15, 0.2) is 119 Å². The molecule has 0 unspecified atom stereocenters. The first-order chi connectivity index (χ1) is 26.1. The monoisotopic (exact) mass is 905 g/mol. The van der Waals surface area contributed by atoms with Gasteiger partial charge in [0, 0.05) is 38.6 Å². The van der Waals surface area contributed by atoms with Crippen LogP contribution >= 0.6 is 73.7 Å². The molecule has 6 aromatic rings. The van der Waals surface area contributed by atoms with Crippen LogP contribution in [0.4, 0.5) is 34.1 Å². The summed E-state index contributed by atoms with van der Waals surface area (Å²) in [4.78, 5) is 22.9. The van der Waals surface area contributed by atoms with Crippen molar-refractivity contribution >= 4 is 120 Å². The standard InChI is InChI=1S/C13H11Cl2NO.C11H9BrN2OS.C8H8Cl2N2O2.C6H8N2/c14-11-6-10(16)7-12(15)13(11)17-8-9-4-2-1-3-5-9;12-9-5-6-16-10(9)11(15)14-8-3-1-7(13)2-4-8;9-5-1-4(11)2-6(10)8(5)14-3-7(12)13;7-5-1-2-6(8)4-3-5/h1-7H,8,16H2;1-6H,13H2,(H,14,15);1-2H,3,11H2,(H2,12,13);1-4H,7-8H2. The number of amides is 2. The van der Waals surface area contributed by atoms with Crippen LogP contribution in [0.3, 0.4) is 0 Å². The number of thiophene rings is 1. The van der Waals surface area contributed by atoms with Crippen molar-refractivity contribution in [2.75, 3.05) is 40.6 Å². The van der Waals surface area contributed by atoms with Crippen LogP contribution in [0.25, 0.3) is 0 Å². The Kier molecular flexibility index (Phi) is 18.1. The molecule has 1 heterocycles. The summed E-state index contributed by atoms with van der Waals surface area (Å²) >= 11 is 28.3. The minimum atomic E-state index is -0.603. The van der Waals surface area contributed by atoms with E-state index in [1.165, 1.54) is 23.5 Å². The van der Waals surface area contributed by atoms with E-state index in [9.17, 15) is 9.59 Å². The Hall–Kier alpha value is -5.02. The van der Waals surface area contributed by atoms with E-state index in [1.807, 2.05) is 41.8 Å². The average molecular weight is 909 g/mol. The van der Waals surface area contributed by atoms with Gasteiger partial charge in [-0.1, -0.05) is 76.7 Å². The highest BCUT2D eigenvalue weighted by Crippen LogP contribution is 2.36. The summed E-state index contributed by atoms with van der Waals surface area (Å²) in [6.07, 6.45) is 0. The summed E-state index contributed by atoms with van der Waals surface area (Å²) in [6, 6.07) is 32.0. The number of carbonyl (C=O) groups excluding carboxylic acids is 2. The maximum Gasteiger partial charge on any atom is 0.266 e. The molecule has 55 heavy (non-hydrogen) atoms. The van der Waals surface area contributed by atoms with Gasteiger partial charge in [-0.25, -0.2) is 0 Å². The van der Waals surface area contributed by atoms with Gasteiger partial charge in [-0.3, -0.25) is 9.59 Å². The van der Waals surface area contributed by atoms with Crippen molar-refractivity contribution in [2.24, 2.45) is 5.73 Å². The fourth-order valence-electron chi connectivity index (χ4n) is 4.01. The maximum absolute atomic E-state index is 11.8. The molecular formula is C38H36BrCl4N7O4S. The smallest absolute Gasteiger partial charge is 0.266 e. The predicted molar refractivity (Wildman–Crippen MR) is 233 cm³/mol. The summed E-state index contributed by atoms with van der Waals surface area (Å²) in [7, 11) is 0. The summed E-state index contributed by atoms with van der Waals surface area (Å²) in [5, 5.41) is 6.00. The van der Waals surface area contributed by atoms with Crippen molar-refractivity contribution in [3.63, 3.8) is 0 Å². The van der Waals surface area contributed by atoms with E-state index in [-0.39, 0.29) is 28.3 Å². The van der Waals surface area contributed by atoms with Gasteiger partial charge in [-0.15, -0.1) is 11.3 Å². The number of benzene rings is 5. The lowest BCUT2D eigenvalue weighted by Crippen LogP contribution is -2.20. The second kappa shape index (κ2) is 22.4. The van der Waals surface area contributed by atoms with E-state index in [0.717, 1.165) is 27.1 Å². The lowest BCUT2D eigenvalue weighted by Gasteiger charge is -2.10. The molecular weight excluding hydrogens is 872 g/mol. The molecule has 0 spiro atoms. The van der Waals surface area contributed by atoms with Crippen LogP contribution in [-0.4, -0.2) is 18.4 Å². The Balaban J connectivity index is 0.000000203. The number of primary amides is 1. The van der Waals surface area contributed by atoms with E-state index >= 15 is 0 Å². The van der Waals surface area contributed by atoms with E-state index in [0.29, 0.717) is 44.3 Å². The number of carbonyl (C=O) groups is 2. The molecule has 0 bridgehead atoms. The number of ether oxygens (including phenoxy) is 2.